The summed E-state index contributed by atoms with van der Waals surface area (Å²) in [5.41, 5.74) is 11.1. The van der Waals surface area contributed by atoms with E-state index in [4.69, 9.17) is 11.5 Å². The van der Waals surface area contributed by atoms with Gasteiger partial charge in [-0.05, 0) is 31.5 Å². The van der Waals surface area contributed by atoms with Crippen LogP contribution in [0.5, 0.6) is 0 Å². The molecule has 0 radical (unpaired) electrons. The lowest BCUT2D eigenvalue weighted by atomic mass is 10.1. The van der Waals surface area contributed by atoms with Crippen molar-refractivity contribution >= 4 is 17.6 Å². The molecule has 6 nitrogen and oxygen atoms in total. The number of nitrogens with two attached hydrogens (primary N) is 2. The Bertz CT molecular complexity index is 457. The Morgan fingerprint density at radius 3 is 2.56 bits per heavy atom. The van der Waals surface area contributed by atoms with Gasteiger partial charge in [0, 0.05) is 12.2 Å². The van der Waals surface area contributed by atoms with Crippen LogP contribution in [0.15, 0.2) is 24.3 Å². The lowest BCUT2D eigenvalue weighted by Crippen LogP contribution is -2.54. The van der Waals surface area contributed by atoms with Crippen molar-refractivity contribution in [3.63, 3.8) is 0 Å². The van der Waals surface area contributed by atoms with Gasteiger partial charge in [-0.15, -0.1) is 0 Å². The monoisotopic (exact) mass is 250 g/mol. The molecule has 6 heteroatoms. The predicted molar refractivity (Wildman–Crippen MR) is 69.8 cm³/mol. The molecule has 0 saturated carbocycles. The van der Waals surface area contributed by atoms with Crippen LogP contribution in [0.4, 0.5) is 10.5 Å². The first-order valence-electron chi connectivity index (χ1n) is 5.53. The maximum absolute atomic E-state index is 11.7. The summed E-state index contributed by atoms with van der Waals surface area (Å²) >= 11 is 0. The summed E-state index contributed by atoms with van der Waals surface area (Å²) in [4.78, 5) is 22.7. The zero-order valence-corrected chi connectivity index (χ0v) is 10.5. The molecule has 1 aromatic carbocycles. The summed E-state index contributed by atoms with van der Waals surface area (Å²) < 4.78 is 0. The van der Waals surface area contributed by atoms with Crippen LogP contribution >= 0.6 is 0 Å². The zero-order chi connectivity index (χ0) is 13.8. The highest BCUT2D eigenvalue weighted by molar-refractivity contribution is 5.95. The Hall–Kier alpha value is -2.08. The van der Waals surface area contributed by atoms with Crippen molar-refractivity contribution in [3.8, 4) is 0 Å². The van der Waals surface area contributed by atoms with E-state index in [1.54, 1.807) is 18.2 Å². The van der Waals surface area contributed by atoms with Crippen LogP contribution in [0.25, 0.3) is 0 Å². The number of nitrogens with one attached hydrogen (secondary N) is 2. The lowest BCUT2D eigenvalue weighted by molar-refractivity contribution is -0.122. The minimum absolute atomic E-state index is 0.393. The first kappa shape index (κ1) is 14.0. The van der Waals surface area contributed by atoms with Gasteiger partial charge in [0.15, 0.2) is 0 Å². The molecule has 0 aliphatic heterocycles. The Labute approximate surface area is 106 Å². The summed E-state index contributed by atoms with van der Waals surface area (Å²) in [7, 11) is 0. The number of carbonyl (C=O) groups is 2. The third kappa shape index (κ3) is 3.74. The number of hydrogen-bond acceptors (Lipinski definition) is 3. The van der Waals surface area contributed by atoms with Crippen LogP contribution in [0.2, 0.25) is 0 Å². The fraction of sp³-hybridized carbons (Fsp3) is 0.333. The van der Waals surface area contributed by atoms with E-state index in [0.29, 0.717) is 12.2 Å². The van der Waals surface area contributed by atoms with Crippen molar-refractivity contribution in [2.45, 2.75) is 25.9 Å². The van der Waals surface area contributed by atoms with Gasteiger partial charge >= 0.3 is 6.03 Å². The molecular weight excluding hydrogens is 232 g/mol. The molecule has 0 aliphatic rings. The van der Waals surface area contributed by atoms with Gasteiger partial charge in [-0.25, -0.2) is 4.79 Å². The molecule has 0 spiro atoms. The van der Waals surface area contributed by atoms with Crippen LogP contribution in [0, 0.1) is 0 Å². The molecule has 0 aromatic heterocycles. The largest absolute Gasteiger partial charge is 0.368 e. The van der Waals surface area contributed by atoms with Crippen molar-refractivity contribution < 1.29 is 9.59 Å². The van der Waals surface area contributed by atoms with Gasteiger partial charge in [-0.3, -0.25) is 4.79 Å². The second-order valence-corrected chi connectivity index (χ2v) is 4.47. The van der Waals surface area contributed by atoms with E-state index in [2.05, 4.69) is 10.6 Å². The number of carbonyl (C=O) groups excluding carboxylic acids is 2. The third-order valence-corrected chi connectivity index (χ3v) is 2.46. The van der Waals surface area contributed by atoms with Gasteiger partial charge < -0.3 is 22.1 Å². The van der Waals surface area contributed by atoms with E-state index in [1.807, 2.05) is 6.07 Å². The first-order valence-corrected chi connectivity index (χ1v) is 5.53. The fourth-order valence-electron chi connectivity index (χ4n) is 1.28. The Balaban J connectivity index is 2.67. The van der Waals surface area contributed by atoms with E-state index in [1.165, 1.54) is 13.8 Å². The van der Waals surface area contributed by atoms with Crippen molar-refractivity contribution in [1.29, 1.82) is 0 Å². The number of benzene rings is 1. The van der Waals surface area contributed by atoms with Crippen molar-refractivity contribution in [2.75, 3.05) is 5.32 Å². The second kappa shape index (κ2) is 5.50. The minimum atomic E-state index is -1.10. The summed E-state index contributed by atoms with van der Waals surface area (Å²) in [5, 5.41) is 5.10. The molecule has 98 valence electrons. The molecular formula is C12H18N4O2. The van der Waals surface area contributed by atoms with E-state index >= 15 is 0 Å². The minimum Gasteiger partial charge on any atom is -0.368 e. The van der Waals surface area contributed by atoms with Gasteiger partial charge in [0.2, 0.25) is 5.91 Å². The smallest absolute Gasteiger partial charge is 0.320 e. The molecule has 0 aliphatic carbocycles. The Morgan fingerprint density at radius 2 is 2.00 bits per heavy atom. The lowest BCUT2D eigenvalue weighted by Gasteiger charge is -2.22. The third-order valence-electron chi connectivity index (χ3n) is 2.46. The maximum atomic E-state index is 11.7. The Kier molecular flexibility index (Phi) is 4.28. The summed E-state index contributed by atoms with van der Waals surface area (Å²) in [6.45, 7) is 3.46. The van der Waals surface area contributed by atoms with Crippen LogP contribution in [-0.4, -0.2) is 17.5 Å². The number of amides is 3. The van der Waals surface area contributed by atoms with Gasteiger partial charge in [-0.2, -0.15) is 0 Å². The molecule has 0 heterocycles. The highest BCUT2D eigenvalue weighted by Crippen LogP contribution is 2.10. The molecule has 0 unspecified atom stereocenters. The number of anilines is 1. The average molecular weight is 250 g/mol. The second-order valence-electron chi connectivity index (χ2n) is 4.47. The van der Waals surface area contributed by atoms with Crippen LogP contribution in [-0.2, 0) is 11.3 Å². The SMILES string of the molecule is CC(C)(NC(=O)Nc1cccc(CN)c1)C(N)=O. The molecule has 6 N–H and O–H groups in total. The molecule has 0 saturated heterocycles. The zero-order valence-electron chi connectivity index (χ0n) is 10.5. The van der Waals surface area contributed by atoms with Crippen molar-refractivity contribution in [3.05, 3.63) is 29.8 Å². The van der Waals surface area contributed by atoms with Crippen molar-refractivity contribution in [1.82, 2.24) is 5.32 Å². The highest BCUT2D eigenvalue weighted by atomic mass is 16.2. The molecule has 0 fully saturated rings. The molecule has 0 bridgehead atoms. The summed E-state index contributed by atoms with van der Waals surface area (Å²) in [6, 6.07) is 6.65. The molecule has 18 heavy (non-hydrogen) atoms. The fourth-order valence-corrected chi connectivity index (χ4v) is 1.28. The number of rotatable bonds is 4. The van der Waals surface area contributed by atoms with Crippen LogP contribution in [0.1, 0.15) is 19.4 Å². The summed E-state index contributed by atoms with van der Waals surface area (Å²) in [6.07, 6.45) is 0. The van der Waals surface area contributed by atoms with Gasteiger partial charge in [0.05, 0.1) is 0 Å². The van der Waals surface area contributed by atoms with E-state index in [9.17, 15) is 9.59 Å². The molecule has 1 aromatic rings. The normalized spacial score (nSPS) is 10.8. The summed E-state index contributed by atoms with van der Waals surface area (Å²) in [5.74, 6) is -0.603. The predicted octanol–water partition coefficient (Wildman–Crippen LogP) is 0.531. The van der Waals surface area contributed by atoms with Crippen LogP contribution in [0.3, 0.4) is 0 Å². The Morgan fingerprint density at radius 1 is 1.33 bits per heavy atom. The number of urea groups is 1. The van der Waals surface area contributed by atoms with Crippen LogP contribution < -0.4 is 22.1 Å². The first-order chi connectivity index (χ1) is 8.35. The standard InChI is InChI=1S/C12H18N4O2/c1-12(2,10(14)17)16-11(18)15-9-5-3-4-8(6-9)7-13/h3-6H,7,13H2,1-2H3,(H2,14,17)(H2,15,16,18). The molecule has 3 amide bonds. The molecule has 0 atom stereocenters. The van der Waals surface area contributed by atoms with Crippen molar-refractivity contribution in [2.24, 2.45) is 11.5 Å². The quantitative estimate of drug-likeness (QED) is 0.625. The average Bonchev–Trinajstić information content (AvgIpc) is 2.28. The van der Waals surface area contributed by atoms with Gasteiger partial charge in [-0.1, -0.05) is 12.1 Å². The number of primary amides is 1. The van der Waals surface area contributed by atoms with Gasteiger partial charge in [0.1, 0.15) is 5.54 Å². The van der Waals surface area contributed by atoms with E-state index < -0.39 is 17.5 Å². The topological polar surface area (TPSA) is 110 Å². The highest BCUT2D eigenvalue weighted by Gasteiger charge is 2.26. The number of hydrogen-bond donors (Lipinski definition) is 4. The molecule has 1 rings (SSSR count). The maximum Gasteiger partial charge on any atom is 0.320 e. The van der Waals surface area contributed by atoms with E-state index in [-0.39, 0.29) is 0 Å². The van der Waals surface area contributed by atoms with E-state index in [0.717, 1.165) is 5.56 Å². The van der Waals surface area contributed by atoms with Gasteiger partial charge in [0.25, 0.3) is 0 Å².